The molecule has 3 heteroatoms. The van der Waals surface area contributed by atoms with E-state index in [2.05, 4.69) is 4.98 Å². The number of carbonyl (C=O) groups is 1. The van der Waals surface area contributed by atoms with Crippen molar-refractivity contribution in [2.75, 3.05) is 6.61 Å². The van der Waals surface area contributed by atoms with Crippen molar-refractivity contribution in [1.82, 2.24) is 4.98 Å². The minimum atomic E-state index is -0.287. The van der Waals surface area contributed by atoms with Gasteiger partial charge in [-0.2, -0.15) is 0 Å². The van der Waals surface area contributed by atoms with Gasteiger partial charge in [0.2, 0.25) is 0 Å². The molecule has 0 radical (unpaired) electrons. The number of nitrogens with one attached hydrogen (secondary N) is 1. The highest BCUT2D eigenvalue weighted by atomic mass is 16.5. The van der Waals surface area contributed by atoms with Crippen molar-refractivity contribution in [3.8, 4) is 11.3 Å². The number of hydrogen-bond acceptors (Lipinski definition) is 2. The van der Waals surface area contributed by atoms with Crippen LogP contribution in [0.15, 0.2) is 48.5 Å². The predicted octanol–water partition coefficient (Wildman–Crippen LogP) is 4.32. The van der Waals surface area contributed by atoms with E-state index in [0.717, 1.165) is 22.2 Å². The largest absolute Gasteiger partial charge is 0.462 e. The quantitative estimate of drug-likeness (QED) is 0.725. The molecule has 21 heavy (non-hydrogen) atoms. The van der Waals surface area contributed by atoms with Gasteiger partial charge in [0.15, 0.2) is 0 Å². The van der Waals surface area contributed by atoms with Crippen LogP contribution in [0.2, 0.25) is 0 Å². The number of hydrogen-bond donors (Lipinski definition) is 1. The molecule has 0 aliphatic heterocycles. The summed E-state index contributed by atoms with van der Waals surface area (Å²) in [5.41, 5.74) is 4.54. The predicted molar refractivity (Wildman–Crippen MR) is 84.4 cm³/mol. The van der Waals surface area contributed by atoms with Gasteiger partial charge in [0, 0.05) is 10.9 Å². The van der Waals surface area contributed by atoms with Crippen molar-refractivity contribution in [2.45, 2.75) is 13.8 Å². The van der Waals surface area contributed by atoms with Crippen LogP contribution < -0.4 is 0 Å². The van der Waals surface area contributed by atoms with Gasteiger partial charge in [-0.15, -0.1) is 0 Å². The van der Waals surface area contributed by atoms with Gasteiger partial charge >= 0.3 is 5.97 Å². The summed E-state index contributed by atoms with van der Waals surface area (Å²) in [6.07, 6.45) is 0. The number of aromatic nitrogens is 1. The standard InChI is InChI=1S/C18H17NO2/c1-3-21-18(20)16-14-6-4-5-7-15(14)19-17(16)13-10-8-12(2)9-11-13/h4-11,19H,3H2,1-2H3. The van der Waals surface area contributed by atoms with Crippen molar-refractivity contribution in [3.63, 3.8) is 0 Å². The molecule has 0 spiro atoms. The number of carbonyl (C=O) groups excluding carboxylic acids is 1. The summed E-state index contributed by atoms with van der Waals surface area (Å²) in [6, 6.07) is 15.9. The maximum atomic E-state index is 12.3. The van der Waals surface area contributed by atoms with Gasteiger partial charge < -0.3 is 9.72 Å². The number of ether oxygens (including phenoxy) is 1. The lowest BCUT2D eigenvalue weighted by Gasteiger charge is -2.05. The lowest BCUT2D eigenvalue weighted by Crippen LogP contribution is -2.05. The first-order valence-corrected chi connectivity index (χ1v) is 7.05. The first-order chi connectivity index (χ1) is 10.2. The summed E-state index contributed by atoms with van der Waals surface area (Å²) in [7, 11) is 0. The molecule has 3 rings (SSSR count). The minimum absolute atomic E-state index is 0.287. The first kappa shape index (κ1) is 13.4. The van der Waals surface area contributed by atoms with Crippen molar-refractivity contribution in [1.29, 1.82) is 0 Å². The Morgan fingerprint density at radius 3 is 2.52 bits per heavy atom. The maximum absolute atomic E-state index is 12.3. The fourth-order valence-electron chi connectivity index (χ4n) is 2.49. The van der Waals surface area contributed by atoms with Crippen molar-refractivity contribution in [3.05, 3.63) is 59.7 Å². The molecule has 0 amide bonds. The fourth-order valence-corrected chi connectivity index (χ4v) is 2.49. The van der Waals surface area contributed by atoms with Gasteiger partial charge in [0.25, 0.3) is 0 Å². The Balaban J connectivity index is 2.23. The molecule has 1 heterocycles. The van der Waals surface area contributed by atoms with Crippen molar-refractivity contribution < 1.29 is 9.53 Å². The Morgan fingerprint density at radius 1 is 1.10 bits per heavy atom. The van der Waals surface area contributed by atoms with E-state index in [1.54, 1.807) is 0 Å². The van der Waals surface area contributed by atoms with E-state index in [1.165, 1.54) is 5.56 Å². The first-order valence-electron chi connectivity index (χ1n) is 7.05. The topological polar surface area (TPSA) is 42.1 Å². The molecule has 3 nitrogen and oxygen atoms in total. The number of rotatable bonds is 3. The second-order valence-corrected chi connectivity index (χ2v) is 5.01. The van der Waals surface area contributed by atoms with Gasteiger partial charge in [-0.1, -0.05) is 48.0 Å². The summed E-state index contributed by atoms with van der Waals surface area (Å²) >= 11 is 0. The zero-order valence-corrected chi connectivity index (χ0v) is 12.1. The SMILES string of the molecule is CCOC(=O)c1c(-c2ccc(C)cc2)[nH]c2ccccc12. The van der Waals surface area contributed by atoms with Crippen LogP contribution in [-0.2, 0) is 4.74 Å². The summed E-state index contributed by atoms with van der Waals surface area (Å²) in [5.74, 6) is -0.287. The van der Waals surface area contributed by atoms with Gasteiger partial charge in [-0.3, -0.25) is 0 Å². The highest BCUT2D eigenvalue weighted by Crippen LogP contribution is 2.31. The van der Waals surface area contributed by atoms with Gasteiger partial charge in [0.1, 0.15) is 0 Å². The van der Waals surface area contributed by atoms with E-state index >= 15 is 0 Å². The molecule has 2 aromatic carbocycles. The molecule has 0 fully saturated rings. The molecule has 0 saturated carbocycles. The number of benzene rings is 2. The lowest BCUT2D eigenvalue weighted by molar-refractivity contribution is 0.0529. The van der Waals surface area contributed by atoms with Gasteiger partial charge in [-0.25, -0.2) is 4.79 Å². The Bertz CT molecular complexity index is 785. The monoisotopic (exact) mass is 279 g/mol. The number of aryl methyl sites for hydroxylation is 1. The summed E-state index contributed by atoms with van der Waals surface area (Å²) in [6.45, 7) is 4.23. The van der Waals surface area contributed by atoms with E-state index in [9.17, 15) is 4.79 Å². The molecular formula is C18H17NO2. The zero-order valence-electron chi connectivity index (χ0n) is 12.1. The number of esters is 1. The van der Waals surface area contributed by atoms with E-state index < -0.39 is 0 Å². The summed E-state index contributed by atoms with van der Waals surface area (Å²) in [4.78, 5) is 15.7. The van der Waals surface area contributed by atoms with Crippen LogP contribution in [0.1, 0.15) is 22.8 Å². The van der Waals surface area contributed by atoms with E-state index in [4.69, 9.17) is 4.74 Å². The molecule has 1 N–H and O–H groups in total. The van der Waals surface area contributed by atoms with Crippen LogP contribution in [0, 0.1) is 6.92 Å². The maximum Gasteiger partial charge on any atom is 0.340 e. The molecule has 3 aromatic rings. The molecule has 0 saturated heterocycles. The lowest BCUT2D eigenvalue weighted by atomic mass is 10.0. The number of H-pyrrole nitrogens is 1. The van der Waals surface area contributed by atoms with E-state index in [0.29, 0.717) is 12.2 Å². The van der Waals surface area contributed by atoms with Crippen LogP contribution >= 0.6 is 0 Å². The zero-order chi connectivity index (χ0) is 14.8. The second kappa shape index (κ2) is 5.44. The average molecular weight is 279 g/mol. The van der Waals surface area contributed by atoms with Crippen LogP contribution in [0.5, 0.6) is 0 Å². The molecule has 0 unspecified atom stereocenters. The molecular weight excluding hydrogens is 262 g/mol. The molecule has 106 valence electrons. The molecule has 0 bridgehead atoms. The van der Waals surface area contributed by atoms with Crippen LogP contribution in [0.4, 0.5) is 0 Å². The Morgan fingerprint density at radius 2 is 1.81 bits per heavy atom. The van der Waals surface area contributed by atoms with Crippen LogP contribution in [0.25, 0.3) is 22.2 Å². The Hall–Kier alpha value is -2.55. The number of para-hydroxylation sites is 1. The van der Waals surface area contributed by atoms with Gasteiger partial charge in [0.05, 0.1) is 17.9 Å². The Kier molecular flexibility index (Phi) is 3.48. The molecule has 1 aromatic heterocycles. The molecule has 0 aliphatic rings. The van der Waals surface area contributed by atoms with Crippen LogP contribution in [-0.4, -0.2) is 17.6 Å². The van der Waals surface area contributed by atoms with E-state index in [-0.39, 0.29) is 5.97 Å². The third-order valence-electron chi connectivity index (χ3n) is 3.53. The van der Waals surface area contributed by atoms with E-state index in [1.807, 2.05) is 62.4 Å². The average Bonchev–Trinajstić information content (AvgIpc) is 2.87. The normalized spacial score (nSPS) is 10.8. The smallest absolute Gasteiger partial charge is 0.340 e. The highest BCUT2D eigenvalue weighted by molar-refractivity contribution is 6.10. The summed E-state index contributed by atoms with van der Waals surface area (Å²) < 4.78 is 5.22. The third kappa shape index (κ3) is 2.42. The number of fused-ring (bicyclic) bond motifs is 1. The molecule has 0 atom stereocenters. The Labute approximate surface area is 123 Å². The summed E-state index contributed by atoms with van der Waals surface area (Å²) in [5, 5.41) is 0.895. The van der Waals surface area contributed by atoms with Gasteiger partial charge in [-0.05, 0) is 25.5 Å². The van der Waals surface area contributed by atoms with Crippen molar-refractivity contribution in [2.24, 2.45) is 0 Å². The fraction of sp³-hybridized carbons (Fsp3) is 0.167. The van der Waals surface area contributed by atoms with Crippen molar-refractivity contribution >= 4 is 16.9 Å². The minimum Gasteiger partial charge on any atom is -0.462 e. The highest BCUT2D eigenvalue weighted by Gasteiger charge is 2.20. The third-order valence-corrected chi connectivity index (χ3v) is 3.53. The second-order valence-electron chi connectivity index (χ2n) is 5.01. The number of aromatic amines is 1. The molecule has 0 aliphatic carbocycles. The van der Waals surface area contributed by atoms with Crippen LogP contribution in [0.3, 0.4) is 0 Å².